The summed E-state index contributed by atoms with van der Waals surface area (Å²) in [6.45, 7) is 3.55. The minimum absolute atomic E-state index is 0.0659. The molecule has 2 aromatic carbocycles. The van der Waals surface area contributed by atoms with E-state index in [0.29, 0.717) is 11.3 Å². The second-order valence-corrected chi connectivity index (χ2v) is 7.78. The van der Waals surface area contributed by atoms with Gasteiger partial charge < -0.3 is 5.32 Å². The van der Waals surface area contributed by atoms with E-state index in [1.807, 2.05) is 6.07 Å². The Morgan fingerprint density at radius 3 is 2.36 bits per heavy atom. The van der Waals surface area contributed by atoms with Gasteiger partial charge >= 0.3 is 0 Å². The van der Waals surface area contributed by atoms with E-state index in [-0.39, 0.29) is 16.5 Å². The van der Waals surface area contributed by atoms with Gasteiger partial charge in [-0.2, -0.15) is 9.57 Å². The molecule has 0 fully saturated rings. The van der Waals surface area contributed by atoms with E-state index in [0.717, 1.165) is 0 Å². The number of nitrogens with zero attached hydrogens (tertiary/aromatic N) is 2. The quantitative estimate of drug-likeness (QED) is 0.891. The number of carbonyl (C=O) groups is 1. The summed E-state index contributed by atoms with van der Waals surface area (Å²) in [4.78, 5) is 12.4. The van der Waals surface area contributed by atoms with Crippen LogP contribution in [-0.4, -0.2) is 31.7 Å². The maximum Gasteiger partial charge on any atom is 0.255 e. The molecule has 0 radical (unpaired) electrons. The Labute approximate surface area is 147 Å². The van der Waals surface area contributed by atoms with Gasteiger partial charge in [-0.25, -0.2) is 8.42 Å². The van der Waals surface area contributed by atoms with E-state index < -0.39 is 15.9 Å². The predicted molar refractivity (Wildman–Crippen MR) is 95.6 cm³/mol. The van der Waals surface area contributed by atoms with Crippen LogP contribution in [0.25, 0.3) is 0 Å². The van der Waals surface area contributed by atoms with Crippen molar-refractivity contribution in [3.63, 3.8) is 0 Å². The third-order valence-corrected chi connectivity index (χ3v) is 5.80. The lowest BCUT2D eigenvalue weighted by atomic mass is 10.2. The van der Waals surface area contributed by atoms with Crippen LogP contribution in [0.4, 0.5) is 5.69 Å². The SMILES string of the molecule is CC(C)N(C)S(=O)(=O)c1cccc(C(=O)Nc2ccc(C#N)cc2)c1. The average Bonchev–Trinajstić information content (AvgIpc) is 2.61. The molecule has 25 heavy (non-hydrogen) atoms. The standard InChI is InChI=1S/C18H19N3O3S/c1-13(2)21(3)25(23,24)17-6-4-5-15(11-17)18(22)20-16-9-7-14(12-19)8-10-16/h4-11,13H,1-3H3,(H,20,22). The molecule has 1 amide bonds. The number of hydrogen-bond donors (Lipinski definition) is 1. The molecule has 0 atom stereocenters. The summed E-state index contributed by atoms with van der Waals surface area (Å²) in [5, 5.41) is 11.5. The maximum absolute atomic E-state index is 12.5. The zero-order chi connectivity index (χ0) is 18.6. The van der Waals surface area contributed by atoms with Crippen LogP contribution in [0, 0.1) is 11.3 Å². The number of hydrogen-bond acceptors (Lipinski definition) is 4. The summed E-state index contributed by atoms with van der Waals surface area (Å²) in [5.41, 5.74) is 1.25. The second kappa shape index (κ2) is 7.47. The highest BCUT2D eigenvalue weighted by atomic mass is 32.2. The van der Waals surface area contributed by atoms with Crippen LogP contribution >= 0.6 is 0 Å². The number of sulfonamides is 1. The van der Waals surface area contributed by atoms with Crippen molar-refractivity contribution in [1.82, 2.24) is 4.31 Å². The predicted octanol–water partition coefficient (Wildman–Crippen LogP) is 2.84. The maximum atomic E-state index is 12.5. The molecule has 2 aromatic rings. The summed E-state index contributed by atoms with van der Waals surface area (Å²) < 4.78 is 26.3. The molecule has 1 N–H and O–H groups in total. The van der Waals surface area contributed by atoms with E-state index >= 15 is 0 Å². The van der Waals surface area contributed by atoms with Gasteiger partial charge in [-0.1, -0.05) is 6.07 Å². The lowest BCUT2D eigenvalue weighted by Crippen LogP contribution is -2.33. The number of amides is 1. The highest BCUT2D eigenvalue weighted by Crippen LogP contribution is 2.19. The molecule has 2 rings (SSSR count). The lowest BCUT2D eigenvalue weighted by Gasteiger charge is -2.21. The third-order valence-electron chi connectivity index (χ3n) is 3.77. The molecular formula is C18H19N3O3S. The zero-order valence-corrected chi connectivity index (χ0v) is 15.0. The lowest BCUT2D eigenvalue weighted by molar-refractivity contribution is 0.102. The molecule has 7 heteroatoms. The first-order valence-corrected chi connectivity index (χ1v) is 9.09. The summed E-state index contributed by atoms with van der Waals surface area (Å²) in [6, 6.07) is 14.1. The van der Waals surface area contributed by atoms with Crippen LogP contribution in [0.15, 0.2) is 53.4 Å². The van der Waals surface area contributed by atoms with Crippen molar-refractivity contribution in [2.45, 2.75) is 24.8 Å². The fourth-order valence-corrected chi connectivity index (χ4v) is 3.49. The van der Waals surface area contributed by atoms with Gasteiger partial charge in [0.15, 0.2) is 0 Å². The highest BCUT2D eigenvalue weighted by Gasteiger charge is 2.23. The first-order chi connectivity index (χ1) is 11.8. The normalized spacial score (nSPS) is 11.4. The van der Waals surface area contributed by atoms with Gasteiger partial charge in [0.1, 0.15) is 0 Å². The van der Waals surface area contributed by atoms with E-state index in [9.17, 15) is 13.2 Å². The first-order valence-electron chi connectivity index (χ1n) is 7.65. The number of nitrogens with one attached hydrogen (secondary N) is 1. The Hall–Kier alpha value is -2.69. The van der Waals surface area contributed by atoms with E-state index in [2.05, 4.69) is 5.32 Å². The summed E-state index contributed by atoms with van der Waals surface area (Å²) in [6.07, 6.45) is 0. The van der Waals surface area contributed by atoms with Crippen LogP contribution in [0.5, 0.6) is 0 Å². The van der Waals surface area contributed by atoms with Gasteiger partial charge in [0, 0.05) is 24.3 Å². The first kappa shape index (κ1) is 18.6. The van der Waals surface area contributed by atoms with Crippen molar-refractivity contribution in [3.05, 3.63) is 59.7 Å². The number of benzene rings is 2. The van der Waals surface area contributed by atoms with Crippen LogP contribution < -0.4 is 5.32 Å². The minimum Gasteiger partial charge on any atom is -0.322 e. The summed E-state index contributed by atoms with van der Waals surface area (Å²) >= 11 is 0. The van der Waals surface area contributed by atoms with Gasteiger partial charge in [-0.15, -0.1) is 0 Å². The molecule has 6 nitrogen and oxygen atoms in total. The number of rotatable bonds is 5. The van der Waals surface area contributed by atoms with Crippen LogP contribution in [0.3, 0.4) is 0 Å². The number of carbonyl (C=O) groups excluding carboxylic acids is 1. The fraction of sp³-hybridized carbons (Fsp3) is 0.222. The molecule has 0 heterocycles. The number of anilines is 1. The Morgan fingerprint density at radius 2 is 1.80 bits per heavy atom. The Bertz CT molecular complexity index is 913. The molecule has 130 valence electrons. The molecular weight excluding hydrogens is 338 g/mol. The van der Waals surface area contributed by atoms with Crippen molar-refractivity contribution in [2.75, 3.05) is 12.4 Å². The van der Waals surface area contributed by atoms with Gasteiger partial charge in [0.25, 0.3) is 5.91 Å². The van der Waals surface area contributed by atoms with Crippen molar-refractivity contribution >= 4 is 21.6 Å². The Kier molecular flexibility index (Phi) is 5.57. The van der Waals surface area contributed by atoms with Gasteiger partial charge in [0.2, 0.25) is 10.0 Å². The molecule has 0 saturated heterocycles. The van der Waals surface area contributed by atoms with E-state index in [1.165, 1.54) is 29.6 Å². The molecule has 0 saturated carbocycles. The molecule has 0 aliphatic rings. The molecule has 0 bridgehead atoms. The van der Waals surface area contributed by atoms with Gasteiger partial charge in [-0.05, 0) is 56.3 Å². The molecule has 0 aliphatic carbocycles. The fourth-order valence-electron chi connectivity index (χ4n) is 2.07. The summed E-state index contributed by atoms with van der Waals surface area (Å²) in [7, 11) is -2.16. The number of nitriles is 1. The molecule has 0 spiro atoms. The summed E-state index contributed by atoms with van der Waals surface area (Å²) in [5.74, 6) is -0.422. The van der Waals surface area contributed by atoms with Crippen LogP contribution in [-0.2, 0) is 10.0 Å². The van der Waals surface area contributed by atoms with Crippen molar-refractivity contribution in [1.29, 1.82) is 5.26 Å². The van der Waals surface area contributed by atoms with E-state index in [4.69, 9.17) is 5.26 Å². The van der Waals surface area contributed by atoms with Gasteiger partial charge in [-0.3, -0.25) is 4.79 Å². The van der Waals surface area contributed by atoms with Crippen molar-refractivity contribution in [2.24, 2.45) is 0 Å². The Balaban J connectivity index is 2.25. The zero-order valence-electron chi connectivity index (χ0n) is 14.2. The molecule has 0 aliphatic heterocycles. The average molecular weight is 357 g/mol. The topological polar surface area (TPSA) is 90.3 Å². The third kappa shape index (κ3) is 4.24. The van der Waals surface area contributed by atoms with Crippen LogP contribution in [0.1, 0.15) is 29.8 Å². The van der Waals surface area contributed by atoms with Crippen LogP contribution in [0.2, 0.25) is 0 Å². The highest BCUT2D eigenvalue weighted by molar-refractivity contribution is 7.89. The van der Waals surface area contributed by atoms with Crippen molar-refractivity contribution in [3.8, 4) is 6.07 Å². The monoisotopic (exact) mass is 357 g/mol. The minimum atomic E-state index is -3.66. The van der Waals surface area contributed by atoms with Crippen molar-refractivity contribution < 1.29 is 13.2 Å². The molecule has 0 aromatic heterocycles. The second-order valence-electron chi connectivity index (χ2n) is 5.79. The smallest absolute Gasteiger partial charge is 0.255 e. The molecule has 0 unspecified atom stereocenters. The Morgan fingerprint density at radius 1 is 1.16 bits per heavy atom. The van der Waals surface area contributed by atoms with Gasteiger partial charge in [0.05, 0.1) is 16.5 Å². The largest absolute Gasteiger partial charge is 0.322 e. The van der Waals surface area contributed by atoms with E-state index in [1.54, 1.807) is 44.2 Å².